The van der Waals surface area contributed by atoms with Crippen molar-refractivity contribution in [2.24, 2.45) is 5.92 Å². The fourth-order valence-corrected chi connectivity index (χ4v) is 6.43. The van der Waals surface area contributed by atoms with Crippen molar-refractivity contribution in [1.82, 2.24) is 20.6 Å². The molecule has 2 aromatic rings. The second-order valence-corrected chi connectivity index (χ2v) is 9.84. The number of guanidine groups is 1. The minimum absolute atomic E-state index is 0.0223. The molecule has 2 unspecified atom stereocenters. The first-order valence-electron chi connectivity index (χ1n) is 10.4. The highest BCUT2D eigenvalue weighted by molar-refractivity contribution is 8.03. The fourth-order valence-electron chi connectivity index (χ4n) is 4.87. The molecule has 0 spiro atoms. The van der Waals surface area contributed by atoms with E-state index in [1.165, 1.54) is 0 Å². The Hall–Kier alpha value is -3.38. The van der Waals surface area contributed by atoms with E-state index in [0.717, 1.165) is 27.6 Å². The number of nitrogens with zero attached hydrogens (tertiary/aromatic N) is 4. The van der Waals surface area contributed by atoms with Gasteiger partial charge in [-0.15, -0.1) is 11.8 Å². The number of thioether (sulfide) groups is 1. The summed E-state index contributed by atoms with van der Waals surface area (Å²) < 4.78 is 0. The van der Waals surface area contributed by atoms with Gasteiger partial charge in [-0.25, -0.2) is 4.98 Å². The molecule has 3 atom stereocenters. The van der Waals surface area contributed by atoms with Gasteiger partial charge in [-0.2, -0.15) is 5.26 Å². The van der Waals surface area contributed by atoms with Crippen LogP contribution in [-0.2, 0) is 10.2 Å². The molecular weight excluding hydrogens is 422 g/mol. The van der Waals surface area contributed by atoms with Gasteiger partial charge in [0.05, 0.1) is 11.5 Å². The molecule has 3 N–H and O–H groups in total. The standard InChI is InChI=1S/C23H23N7OS/c1-14-4-3-5-27-19(14)30-11-17-20(31)28-21(25)29-23(17,12-30)18-7-22(2,13-32-18)16-6-15(8-24)9-26-10-16/h3-7,9-10,17H,11-13H2,1-2H3,(H3,25,28,29,31)/t17?,22?,23-/m0/s1. The Bertz CT molecular complexity index is 1200. The van der Waals surface area contributed by atoms with Crippen molar-refractivity contribution < 1.29 is 4.79 Å². The molecule has 2 fully saturated rings. The van der Waals surface area contributed by atoms with Crippen LogP contribution in [0.15, 0.2) is 47.8 Å². The van der Waals surface area contributed by atoms with Gasteiger partial charge in [-0.3, -0.25) is 20.5 Å². The number of carbonyl (C=O) groups is 1. The maximum absolute atomic E-state index is 13.0. The van der Waals surface area contributed by atoms with E-state index in [1.54, 1.807) is 30.4 Å². The summed E-state index contributed by atoms with van der Waals surface area (Å²) in [5.41, 5.74) is 1.52. The minimum Gasteiger partial charge on any atom is -0.353 e. The number of pyridine rings is 2. The van der Waals surface area contributed by atoms with Gasteiger partial charge in [0.1, 0.15) is 17.4 Å². The Morgan fingerprint density at radius 2 is 2.25 bits per heavy atom. The highest BCUT2D eigenvalue weighted by atomic mass is 32.2. The van der Waals surface area contributed by atoms with Crippen molar-refractivity contribution in [1.29, 1.82) is 10.7 Å². The number of nitrogens with one attached hydrogen (secondary N) is 3. The number of aryl methyl sites for hydroxylation is 1. The van der Waals surface area contributed by atoms with Crippen LogP contribution in [-0.4, -0.2) is 46.2 Å². The van der Waals surface area contributed by atoms with E-state index >= 15 is 0 Å². The Morgan fingerprint density at radius 1 is 1.41 bits per heavy atom. The lowest BCUT2D eigenvalue weighted by Crippen LogP contribution is -2.67. The molecule has 162 valence electrons. The largest absolute Gasteiger partial charge is 0.353 e. The lowest BCUT2D eigenvalue weighted by Gasteiger charge is -2.40. The second-order valence-electron chi connectivity index (χ2n) is 8.83. The van der Waals surface area contributed by atoms with Gasteiger partial charge in [-0.1, -0.05) is 19.1 Å². The van der Waals surface area contributed by atoms with Crippen LogP contribution in [0.25, 0.3) is 0 Å². The van der Waals surface area contributed by atoms with E-state index in [1.807, 2.05) is 25.1 Å². The lowest BCUT2D eigenvalue weighted by atomic mass is 9.79. The van der Waals surface area contributed by atoms with Crippen molar-refractivity contribution in [3.63, 3.8) is 0 Å². The van der Waals surface area contributed by atoms with E-state index in [0.29, 0.717) is 18.7 Å². The number of amides is 1. The summed E-state index contributed by atoms with van der Waals surface area (Å²) in [6.07, 6.45) is 7.32. The summed E-state index contributed by atoms with van der Waals surface area (Å²) in [4.78, 5) is 25.0. The second kappa shape index (κ2) is 7.35. The van der Waals surface area contributed by atoms with Crippen LogP contribution in [0.2, 0.25) is 0 Å². The zero-order valence-corrected chi connectivity index (χ0v) is 18.7. The van der Waals surface area contributed by atoms with Crippen LogP contribution >= 0.6 is 11.8 Å². The maximum Gasteiger partial charge on any atom is 0.234 e. The first kappa shape index (κ1) is 20.5. The number of rotatable bonds is 3. The molecule has 2 aromatic heterocycles. The first-order valence-corrected chi connectivity index (χ1v) is 11.4. The van der Waals surface area contributed by atoms with E-state index in [2.05, 4.69) is 44.6 Å². The van der Waals surface area contributed by atoms with E-state index in [-0.39, 0.29) is 23.2 Å². The minimum atomic E-state index is -0.702. The first-order chi connectivity index (χ1) is 15.3. The van der Waals surface area contributed by atoms with Crippen LogP contribution in [0.5, 0.6) is 0 Å². The molecule has 3 aliphatic rings. The van der Waals surface area contributed by atoms with Gasteiger partial charge in [0, 0.05) is 47.8 Å². The number of fused-ring (bicyclic) bond motifs is 1. The third-order valence-corrected chi connectivity index (χ3v) is 8.11. The van der Waals surface area contributed by atoms with E-state index in [9.17, 15) is 10.1 Å². The molecule has 0 aromatic carbocycles. The number of allylic oxidation sites excluding steroid dienone is 1. The summed E-state index contributed by atoms with van der Waals surface area (Å²) in [6.45, 7) is 5.20. The van der Waals surface area contributed by atoms with Crippen LogP contribution in [0.3, 0.4) is 0 Å². The summed E-state index contributed by atoms with van der Waals surface area (Å²) in [5.74, 6) is 1.15. The van der Waals surface area contributed by atoms with Crippen molar-refractivity contribution in [3.8, 4) is 6.07 Å². The quantitative estimate of drug-likeness (QED) is 0.662. The predicted molar refractivity (Wildman–Crippen MR) is 123 cm³/mol. The molecule has 5 heterocycles. The van der Waals surface area contributed by atoms with Crippen molar-refractivity contribution in [2.45, 2.75) is 24.8 Å². The summed E-state index contributed by atoms with van der Waals surface area (Å²) in [7, 11) is 0. The van der Waals surface area contributed by atoms with Crippen LogP contribution in [0, 0.1) is 29.6 Å². The zero-order valence-electron chi connectivity index (χ0n) is 17.8. The number of nitriles is 1. The van der Waals surface area contributed by atoms with Crippen molar-refractivity contribution in [3.05, 3.63) is 64.5 Å². The molecule has 8 nitrogen and oxygen atoms in total. The monoisotopic (exact) mass is 445 g/mol. The molecule has 2 saturated heterocycles. The summed E-state index contributed by atoms with van der Waals surface area (Å²) in [5, 5.41) is 23.5. The highest BCUT2D eigenvalue weighted by Crippen LogP contribution is 2.50. The average Bonchev–Trinajstić information content (AvgIpc) is 3.37. The van der Waals surface area contributed by atoms with E-state index < -0.39 is 5.54 Å². The van der Waals surface area contributed by atoms with Gasteiger partial charge in [0.25, 0.3) is 0 Å². The Balaban J connectivity index is 1.57. The number of hydrogen-bond acceptors (Lipinski definition) is 7. The number of hydrogen-bond donors (Lipinski definition) is 3. The van der Waals surface area contributed by atoms with Crippen molar-refractivity contribution in [2.75, 3.05) is 23.7 Å². The molecule has 32 heavy (non-hydrogen) atoms. The van der Waals surface area contributed by atoms with Crippen molar-refractivity contribution >= 4 is 29.4 Å². The normalized spacial score (nSPS) is 29.1. The number of carbonyl (C=O) groups excluding carboxylic acids is 1. The highest BCUT2D eigenvalue weighted by Gasteiger charge is 2.57. The Kier molecular flexibility index (Phi) is 4.71. The zero-order chi connectivity index (χ0) is 22.5. The van der Waals surface area contributed by atoms with Gasteiger partial charge in [0.15, 0.2) is 5.96 Å². The third-order valence-electron chi connectivity index (χ3n) is 6.58. The SMILES string of the molecule is Cc1cccnc1N1CC2C(=O)NC(=N)N[C@@]2(C2=CC(C)(c3cncc(C#N)c3)CS2)C1. The smallest absolute Gasteiger partial charge is 0.234 e. The number of aromatic nitrogens is 2. The molecule has 5 rings (SSSR count). The molecule has 0 saturated carbocycles. The number of anilines is 1. The summed E-state index contributed by atoms with van der Waals surface area (Å²) in [6, 6.07) is 7.96. The molecule has 0 aliphatic carbocycles. The molecule has 0 bridgehead atoms. The Labute approximate surface area is 190 Å². The van der Waals surface area contributed by atoms with Gasteiger partial charge < -0.3 is 10.2 Å². The molecule has 3 aliphatic heterocycles. The summed E-state index contributed by atoms with van der Waals surface area (Å²) >= 11 is 1.70. The topological polar surface area (TPSA) is 118 Å². The molecule has 9 heteroatoms. The molecule has 0 radical (unpaired) electrons. The lowest BCUT2D eigenvalue weighted by molar-refractivity contribution is -0.125. The maximum atomic E-state index is 13.0. The average molecular weight is 446 g/mol. The van der Waals surface area contributed by atoms with Crippen LogP contribution in [0.1, 0.15) is 23.6 Å². The van der Waals surface area contributed by atoms with Gasteiger partial charge >= 0.3 is 0 Å². The molecule has 1 amide bonds. The van der Waals surface area contributed by atoms with Crippen LogP contribution in [0.4, 0.5) is 5.82 Å². The molecular formula is C23H23N7OS. The van der Waals surface area contributed by atoms with Crippen LogP contribution < -0.4 is 15.5 Å². The van der Waals surface area contributed by atoms with Gasteiger partial charge in [-0.05, 0) is 30.2 Å². The van der Waals surface area contributed by atoms with Gasteiger partial charge in [0.2, 0.25) is 5.91 Å². The predicted octanol–water partition coefficient (Wildman–Crippen LogP) is 2.07. The fraction of sp³-hybridized carbons (Fsp3) is 0.348. The third kappa shape index (κ3) is 3.14. The van der Waals surface area contributed by atoms with E-state index in [4.69, 9.17) is 5.41 Å². The Morgan fingerprint density at radius 3 is 3.03 bits per heavy atom.